The van der Waals surface area contributed by atoms with Gasteiger partial charge in [-0.2, -0.15) is 11.8 Å². The molecule has 1 aliphatic carbocycles. The molecule has 1 saturated carbocycles. The molecule has 1 aliphatic heterocycles. The number of carbonyl (C=O) groups excluding carboxylic acids is 1. The monoisotopic (exact) mass is 244 g/mol. The SMILES string of the molecule is CN(C(=O)N1CCSCC1C(=O)O)C1CC1. The summed E-state index contributed by atoms with van der Waals surface area (Å²) in [6.45, 7) is 0.539. The van der Waals surface area contributed by atoms with E-state index < -0.39 is 12.0 Å². The molecule has 1 heterocycles. The number of carboxylic acids is 1. The Bertz CT molecular complexity index is 306. The lowest BCUT2D eigenvalue weighted by Gasteiger charge is -2.35. The highest BCUT2D eigenvalue weighted by Gasteiger charge is 2.38. The van der Waals surface area contributed by atoms with Crippen molar-refractivity contribution in [2.24, 2.45) is 0 Å². The van der Waals surface area contributed by atoms with Gasteiger partial charge in [-0.15, -0.1) is 0 Å². The Hall–Kier alpha value is -0.910. The Balaban J connectivity index is 2.03. The highest BCUT2D eigenvalue weighted by molar-refractivity contribution is 7.99. The van der Waals surface area contributed by atoms with Crippen molar-refractivity contribution in [2.45, 2.75) is 24.9 Å². The van der Waals surface area contributed by atoms with Gasteiger partial charge in [-0.3, -0.25) is 0 Å². The van der Waals surface area contributed by atoms with Crippen molar-refractivity contribution in [3.05, 3.63) is 0 Å². The molecule has 0 aromatic carbocycles. The van der Waals surface area contributed by atoms with Crippen molar-refractivity contribution in [3.8, 4) is 0 Å². The second kappa shape index (κ2) is 4.53. The van der Waals surface area contributed by atoms with Crippen molar-refractivity contribution in [1.82, 2.24) is 9.80 Å². The number of hydrogen-bond donors (Lipinski definition) is 1. The standard InChI is InChI=1S/C10H16N2O3S/c1-11(7-2-3-7)10(15)12-4-5-16-6-8(12)9(13)14/h7-8H,2-6H2,1H3,(H,13,14). The van der Waals surface area contributed by atoms with Crippen molar-refractivity contribution < 1.29 is 14.7 Å². The van der Waals surface area contributed by atoms with Crippen LogP contribution in [0, 0.1) is 0 Å². The predicted octanol–water partition coefficient (Wildman–Crippen LogP) is 0.703. The number of hydrogen-bond acceptors (Lipinski definition) is 3. The minimum absolute atomic E-state index is 0.129. The zero-order chi connectivity index (χ0) is 11.7. The molecule has 0 aromatic rings. The summed E-state index contributed by atoms with van der Waals surface area (Å²) in [6, 6.07) is -0.459. The molecular weight excluding hydrogens is 228 g/mol. The molecule has 16 heavy (non-hydrogen) atoms. The molecule has 0 bridgehead atoms. The third-order valence-electron chi connectivity index (χ3n) is 3.06. The van der Waals surface area contributed by atoms with E-state index in [0.717, 1.165) is 18.6 Å². The Morgan fingerprint density at radius 1 is 1.44 bits per heavy atom. The Morgan fingerprint density at radius 2 is 2.12 bits per heavy atom. The lowest BCUT2D eigenvalue weighted by molar-refractivity contribution is -0.141. The fourth-order valence-corrected chi connectivity index (χ4v) is 2.90. The van der Waals surface area contributed by atoms with Crippen LogP contribution in [0.1, 0.15) is 12.8 Å². The molecule has 0 aromatic heterocycles. The van der Waals surface area contributed by atoms with E-state index in [1.54, 1.807) is 23.7 Å². The summed E-state index contributed by atoms with van der Waals surface area (Å²) in [5.41, 5.74) is 0. The summed E-state index contributed by atoms with van der Waals surface area (Å²) < 4.78 is 0. The lowest BCUT2D eigenvalue weighted by atomic mass is 10.3. The molecule has 90 valence electrons. The average molecular weight is 244 g/mol. The summed E-state index contributed by atoms with van der Waals surface area (Å²) in [5, 5.41) is 9.07. The molecule has 1 saturated heterocycles. The number of amides is 2. The number of nitrogens with zero attached hydrogens (tertiary/aromatic N) is 2. The van der Waals surface area contributed by atoms with Gasteiger partial charge < -0.3 is 14.9 Å². The van der Waals surface area contributed by atoms with Gasteiger partial charge in [0.1, 0.15) is 6.04 Å². The van der Waals surface area contributed by atoms with Crippen LogP contribution in [-0.4, -0.2) is 64.1 Å². The third kappa shape index (κ3) is 2.26. The van der Waals surface area contributed by atoms with E-state index in [1.165, 1.54) is 4.90 Å². The number of carbonyl (C=O) groups is 2. The fourth-order valence-electron chi connectivity index (χ4n) is 1.86. The van der Waals surface area contributed by atoms with Gasteiger partial charge in [0.05, 0.1) is 0 Å². The van der Waals surface area contributed by atoms with Crippen LogP contribution in [0.15, 0.2) is 0 Å². The van der Waals surface area contributed by atoms with Crippen molar-refractivity contribution >= 4 is 23.8 Å². The number of aliphatic carboxylic acids is 1. The molecule has 2 fully saturated rings. The molecular formula is C10H16N2O3S. The van der Waals surface area contributed by atoms with E-state index in [2.05, 4.69) is 0 Å². The summed E-state index contributed by atoms with van der Waals surface area (Å²) in [6.07, 6.45) is 2.09. The van der Waals surface area contributed by atoms with Gasteiger partial charge in [0.2, 0.25) is 0 Å². The van der Waals surface area contributed by atoms with E-state index in [0.29, 0.717) is 18.3 Å². The van der Waals surface area contributed by atoms with Gasteiger partial charge in [-0.05, 0) is 12.8 Å². The minimum atomic E-state index is -0.898. The van der Waals surface area contributed by atoms with Gasteiger partial charge in [-0.1, -0.05) is 0 Å². The number of rotatable bonds is 2. The zero-order valence-electron chi connectivity index (χ0n) is 9.26. The molecule has 0 spiro atoms. The zero-order valence-corrected chi connectivity index (χ0v) is 10.1. The third-order valence-corrected chi connectivity index (χ3v) is 4.08. The molecule has 5 nitrogen and oxygen atoms in total. The maximum atomic E-state index is 12.1. The Morgan fingerprint density at radius 3 is 2.69 bits per heavy atom. The maximum absolute atomic E-state index is 12.1. The van der Waals surface area contributed by atoms with E-state index in [-0.39, 0.29) is 6.03 Å². The molecule has 6 heteroatoms. The minimum Gasteiger partial charge on any atom is -0.480 e. The number of urea groups is 1. The van der Waals surface area contributed by atoms with Crippen molar-refractivity contribution in [1.29, 1.82) is 0 Å². The van der Waals surface area contributed by atoms with Gasteiger partial charge in [0.25, 0.3) is 0 Å². The molecule has 0 radical (unpaired) electrons. The lowest BCUT2D eigenvalue weighted by Crippen LogP contribution is -2.54. The average Bonchev–Trinajstić information content (AvgIpc) is 3.11. The van der Waals surface area contributed by atoms with Crippen molar-refractivity contribution in [3.63, 3.8) is 0 Å². The topological polar surface area (TPSA) is 60.9 Å². The summed E-state index contributed by atoms with van der Waals surface area (Å²) in [7, 11) is 1.76. The van der Waals surface area contributed by atoms with Crippen LogP contribution in [0.25, 0.3) is 0 Å². The smallest absolute Gasteiger partial charge is 0.327 e. The fraction of sp³-hybridized carbons (Fsp3) is 0.800. The van der Waals surface area contributed by atoms with Gasteiger partial charge in [0, 0.05) is 31.1 Å². The molecule has 2 amide bonds. The first-order valence-electron chi connectivity index (χ1n) is 5.45. The Kier molecular flexibility index (Phi) is 3.28. The maximum Gasteiger partial charge on any atom is 0.327 e. The van der Waals surface area contributed by atoms with Gasteiger partial charge >= 0.3 is 12.0 Å². The summed E-state index contributed by atoms with van der Waals surface area (Å²) in [4.78, 5) is 26.3. The molecule has 2 aliphatic rings. The van der Waals surface area contributed by atoms with E-state index >= 15 is 0 Å². The van der Waals surface area contributed by atoms with Crippen LogP contribution in [0.3, 0.4) is 0 Å². The number of carboxylic acid groups (broad SMARTS) is 1. The predicted molar refractivity (Wildman–Crippen MR) is 61.6 cm³/mol. The van der Waals surface area contributed by atoms with Crippen LogP contribution in [0.5, 0.6) is 0 Å². The Labute approximate surface area is 98.8 Å². The summed E-state index contributed by atoms with van der Waals surface area (Å²) >= 11 is 1.59. The van der Waals surface area contributed by atoms with Crippen LogP contribution < -0.4 is 0 Å². The normalized spacial score (nSPS) is 25.3. The quantitative estimate of drug-likeness (QED) is 0.777. The first-order chi connectivity index (χ1) is 7.61. The largest absolute Gasteiger partial charge is 0.480 e. The van der Waals surface area contributed by atoms with Crippen LogP contribution >= 0.6 is 11.8 Å². The highest BCUT2D eigenvalue weighted by atomic mass is 32.2. The highest BCUT2D eigenvalue weighted by Crippen LogP contribution is 2.27. The van der Waals surface area contributed by atoms with Crippen molar-refractivity contribution in [2.75, 3.05) is 25.1 Å². The van der Waals surface area contributed by atoms with Crippen LogP contribution in [0.2, 0.25) is 0 Å². The van der Waals surface area contributed by atoms with E-state index in [1.807, 2.05) is 0 Å². The molecule has 1 unspecified atom stereocenters. The first kappa shape index (κ1) is 11.6. The van der Waals surface area contributed by atoms with E-state index in [9.17, 15) is 9.59 Å². The van der Waals surface area contributed by atoms with Crippen LogP contribution in [0.4, 0.5) is 4.79 Å². The molecule has 1 atom stereocenters. The van der Waals surface area contributed by atoms with Gasteiger partial charge in [-0.25, -0.2) is 9.59 Å². The van der Waals surface area contributed by atoms with Crippen LogP contribution in [-0.2, 0) is 4.79 Å². The summed E-state index contributed by atoms with van der Waals surface area (Å²) in [5.74, 6) is 0.429. The second-order valence-electron chi connectivity index (χ2n) is 4.25. The second-order valence-corrected chi connectivity index (χ2v) is 5.40. The first-order valence-corrected chi connectivity index (χ1v) is 6.60. The van der Waals surface area contributed by atoms with Gasteiger partial charge in [0.15, 0.2) is 0 Å². The number of thioether (sulfide) groups is 1. The molecule has 2 rings (SSSR count). The molecule has 1 N–H and O–H groups in total. The van der Waals surface area contributed by atoms with E-state index in [4.69, 9.17) is 5.11 Å².